The lowest BCUT2D eigenvalue weighted by Crippen LogP contribution is -2.56. The maximum absolute atomic E-state index is 13.6. The van der Waals surface area contributed by atoms with Crippen LogP contribution in [0.2, 0.25) is 0 Å². The number of rotatable bonds is 11. The molecule has 0 bridgehead atoms. The Labute approximate surface area is 232 Å². The number of amides is 4. The molecule has 4 rings (SSSR count). The van der Waals surface area contributed by atoms with E-state index >= 15 is 0 Å². The summed E-state index contributed by atoms with van der Waals surface area (Å²) in [5, 5.41) is 14.3. The number of carboxylic acid groups (broad SMARTS) is 1. The van der Waals surface area contributed by atoms with Crippen molar-refractivity contribution in [3.63, 3.8) is 0 Å². The highest BCUT2D eigenvalue weighted by molar-refractivity contribution is 5.97. The number of nitrogens with one attached hydrogen (secondary N) is 2. The summed E-state index contributed by atoms with van der Waals surface area (Å²) >= 11 is 0. The van der Waals surface area contributed by atoms with Gasteiger partial charge in [0.15, 0.2) is 18.0 Å². The zero-order valence-corrected chi connectivity index (χ0v) is 22.5. The molecule has 3 aromatic carbocycles. The summed E-state index contributed by atoms with van der Waals surface area (Å²) in [5.74, 6) is -1.01. The highest BCUT2D eigenvalue weighted by Gasteiger charge is 2.50. The Kier molecular flexibility index (Phi) is 8.80. The molecule has 40 heavy (non-hydrogen) atoms. The van der Waals surface area contributed by atoms with Crippen molar-refractivity contribution in [2.75, 3.05) is 37.5 Å². The number of aliphatic carboxylic acids is 1. The summed E-state index contributed by atoms with van der Waals surface area (Å²) in [6.45, 7) is -0.444. The van der Waals surface area contributed by atoms with Gasteiger partial charge in [-0.2, -0.15) is 0 Å². The van der Waals surface area contributed by atoms with E-state index in [0.29, 0.717) is 22.7 Å². The number of nitrogens with zero attached hydrogens (tertiary/aromatic N) is 2. The number of likely N-dealkylation sites (N-methyl/N-ethyl adjacent to an activating group) is 2. The van der Waals surface area contributed by atoms with E-state index in [9.17, 15) is 19.2 Å². The molecule has 10 nitrogen and oxygen atoms in total. The molecule has 3 N–H and O–H groups in total. The van der Waals surface area contributed by atoms with Gasteiger partial charge in [-0.1, -0.05) is 42.5 Å². The number of ether oxygens (including phenoxy) is 1. The average Bonchev–Trinajstić information content (AvgIpc) is 3.80. The second-order valence-electron chi connectivity index (χ2n) is 9.82. The van der Waals surface area contributed by atoms with Crippen LogP contribution in [0.25, 0.3) is 0 Å². The van der Waals surface area contributed by atoms with E-state index in [1.54, 1.807) is 50.5 Å². The van der Waals surface area contributed by atoms with Gasteiger partial charge in [0, 0.05) is 37.3 Å². The molecular weight excluding hydrogens is 512 g/mol. The van der Waals surface area contributed by atoms with Crippen LogP contribution in [-0.4, -0.2) is 62.2 Å². The monoisotopic (exact) mass is 545 g/mol. The zero-order chi connectivity index (χ0) is 28.7. The first-order valence-electron chi connectivity index (χ1n) is 13.0. The predicted molar refractivity (Wildman–Crippen MR) is 152 cm³/mol. The topological polar surface area (TPSA) is 125 Å². The lowest BCUT2D eigenvalue weighted by molar-refractivity contribution is -0.136. The SMILES string of the molecule is CN(C(=O)COc1ccccc1[N+](C)(C(=O)CNC(=O)Nc1cccc(CC(=O)O)c1)C1CC1)c1ccccc1. The fraction of sp³-hybridized carbons (Fsp3) is 0.267. The Hall–Kier alpha value is -4.70. The van der Waals surface area contributed by atoms with Gasteiger partial charge in [-0.05, 0) is 35.9 Å². The molecule has 10 heteroatoms. The molecule has 0 spiro atoms. The first-order chi connectivity index (χ1) is 19.2. The second-order valence-corrected chi connectivity index (χ2v) is 9.82. The third-order valence-corrected chi connectivity index (χ3v) is 6.97. The molecule has 1 aliphatic carbocycles. The predicted octanol–water partition coefficient (Wildman–Crippen LogP) is 3.80. The van der Waals surface area contributed by atoms with Gasteiger partial charge in [-0.3, -0.25) is 9.59 Å². The van der Waals surface area contributed by atoms with E-state index in [4.69, 9.17) is 9.84 Å². The van der Waals surface area contributed by atoms with Crippen LogP contribution < -0.4 is 24.8 Å². The van der Waals surface area contributed by atoms with Gasteiger partial charge in [-0.15, -0.1) is 0 Å². The summed E-state index contributed by atoms with van der Waals surface area (Å²) < 4.78 is 5.88. The Morgan fingerprint density at radius 2 is 1.68 bits per heavy atom. The molecule has 1 aliphatic rings. The Balaban J connectivity index is 1.42. The molecule has 0 aliphatic heterocycles. The van der Waals surface area contributed by atoms with E-state index < -0.39 is 12.0 Å². The summed E-state index contributed by atoms with van der Waals surface area (Å²) in [6.07, 6.45) is 1.52. The highest BCUT2D eigenvalue weighted by Crippen LogP contribution is 2.42. The van der Waals surface area contributed by atoms with Crippen LogP contribution in [0, 0.1) is 0 Å². The first-order valence-corrected chi connectivity index (χ1v) is 13.0. The summed E-state index contributed by atoms with van der Waals surface area (Å²) in [4.78, 5) is 51.4. The number of urea groups is 1. The minimum Gasteiger partial charge on any atom is -0.481 e. The fourth-order valence-corrected chi connectivity index (χ4v) is 4.55. The molecule has 208 valence electrons. The molecule has 0 heterocycles. The van der Waals surface area contributed by atoms with Crippen LogP contribution >= 0.6 is 0 Å². The van der Waals surface area contributed by atoms with Crippen LogP contribution in [0.4, 0.5) is 21.9 Å². The van der Waals surface area contributed by atoms with Gasteiger partial charge in [0.1, 0.15) is 12.6 Å². The molecule has 0 aromatic heterocycles. The number of carbonyl (C=O) groups excluding carboxylic acids is 3. The number of anilines is 2. The average molecular weight is 546 g/mol. The molecule has 1 atom stereocenters. The van der Waals surface area contributed by atoms with Crippen molar-refractivity contribution in [2.24, 2.45) is 0 Å². The molecule has 0 radical (unpaired) electrons. The van der Waals surface area contributed by atoms with Crippen LogP contribution in [0.15, 0.2) is 78.9 Å². The van der Waals surface area contributed by atoms with Gasteiger partial charge in [0.2, 0.25) is 0 Å². The number of carbonyl (C=O) groups is 4. The summed E-state index contributed by atoms with van der Waals surface area (Å²) in [5.41, 5.74) is 2.33. The van der Waals surface area contributed by atoms with Crippen LogP contribution in [0.5, 0.6) is 5.75 Å². The third kappa shape index (κ3) is 6.83. The second kappa shape index (κ2) is 12.4. The van der Waals surface area contributed by atoms with Gasteiger partial charge >= 0.3 is 17.9 Å². The minimum absolute atomic E-state index is 0.0255. The van der Waals surface area contributed by atoms with Gasteiger partial charge < -0.3 is 25.4 Å². The fourth-order valence-electron chi connectivity index (χ4n) is 4.55. The lowest BCUT2D eigenvalue weighted by atomic mass is 10.1. The van der Waals surface area contributed by atoms with Gasteiger partial charge in [-0.25, -0.2) is 14.1 Å². The van der Waals surface area contributed by atoms with E-state index in [0.717, 1.165) is 18.5 Å². The Morgan fingerprint density at radius 3 is 2.38 bits per heavy atom. The molecular formula is C30H33N4O6+. The summed E-state index contributed by atoms with van der Waals surface area (Å²) in [7, 11) is 3.48. The highest BCUT2D eigenvalue weighted by atomic mass is 16.5. The molecule has 1 saturated carbocycles. The van der Waals surface area contributed by atoms with Crippen molar-refractivity contribution in [2.45, 2.75) is 25.3 Å². The van der Waals surface area contributed by atoms with Crippen molar-refractivity contribution >= 4 is 40.9 Å². The standard InChI is InChI=1S/C30H32N4O6/c1-33(23-11-4-3-5-12-23)27(35)20-40-26-14-7-6-13-25(26)34(2,24-15-16-24)28(36)19-31-30(39)32-22-10-8-9-21(17-22)18-29(37)38/h3-14,17,24H,15-16,18-20H2,1-2H3,(H2-,31,32,37,38,39)/p+1. The van der Waals surface area contributed by atoms with Crippen molar-refractivity contribution in [1.29, 1.82) is 0 Å². The Morgan fingerprint density at radius 1 is 0.975 bits per heavy atom. The summed E-state index contributed by atoms with van der Waals surface area (Å²) in [6, 6.07) is 22.4. The van der Waals surface area contributed by atoms with Crippen molar-refractivity contribution in [3.05, 3.63) is 84.4 Å². The number of hydrogen-bond donors (Lipinski definition) is 3. The van der Waals surface area contributed by atoms with E-state index in [1.807, 2.05) is 42.5 Å². The molecule has 4 amide bonds. The van der Waals surface area contributed by atoms with E-state index in [-0.39, 0.29) is 41.9 Å². The van der Waals surface area contributed by atoms with Gasteiger partial charge in [0.25, 0.3) is 5.91 Å². The number of hydrogen-bond acceptors (Lipinski definition) is 5. The maximum atomic E-state index is 13.6. The number of para-hydroxylation sites is 3. The van der Waals surface area contributed by atoms with Crippen LogP contribution in [0.1, 0.15) is 18.4 Å². The largest absolute Gasteiger partial charge is 0.481 e. The first kappa shape index (κ1) is 28.3. The van der Waals surface area contributed by atoms with Crippen molar-refractivity contribution in [3.8, 4) is 5.75 Å². The normalized spacial score (nSPS) is 13.9. The van der Waals surface area contributed by atoms with Crippen molar-refractivity contribution in [1.82, 2.24) is 9.80 Å². The minimum atomic E-state index is -0.971. The number of carboxylic acids is 1. The molecule has 1 fully saturated rings. The Bertz CT molecular complexity index is 1390. The maximum Gasteiger partial charge on any atom is 0.338 e. The number of quaternary nitrogens is 1. The molecule has 1 unspecified atom stereocenters. The van der Waals surface area contributed by atoms with Crippen molar-refractivity contribution < 1.29 is 29.0 Å². The molecule has 3 aromatic rings. The lowest BCUT2D eigenvalue weighted by Gasteiger charge is -2.32. The van der Waals surface area contributed by atoms with Gasteiger partial charge in [0.05, 0.1) is 13.5 Å². The number of benzene rings is 3. The molecule has 0 saturated heterocycles. The third-order valence-electron chi connectivity index (χ3n) is 6.97. The zero-order valence-electron chi connectivity index (χ0n) is 22.5. The smallest absolute Gasteiger partial charge is 0.338 e. The van der Waals surface area contributed by atoms with E-state index in [1.165, 1.54) is 4.90 Å². The van der Waals surface area contributed by atoms with Crippen LogP contribution in [0.3, 0.4) is 0 Å². The quantitative estimate of drug-likeness (QED) is 0.315. The van der Waals surface area contributed by atoms with Crippen LogP contribution in [-0.2, 0) is 20.8 Å². The van der Waals surface area contributed by atoms with E-state index in [2.05, 4.69) is 10.6 Å².